The van der Waals surface area contributed by atoms with Gasteiger partial charge in [-0.05, 0) is 24.5 Å². The Kier molecular flexibility index (Phi) is 10.0. The number of unbranched alkanes of at least 4 members (excludes halogenated alkanes) is 1. The molecule has 33 heavy (non-hydrogen) atoms. The lowest BCUT2D eigenvalue weighted by atomic mass is 10.1. The molecular formula is C24H29N3O6. The molecule has 0 heterocycles. The number of rotatable bonds is 13. The van der Waals surface area contributed by atoms with Gasteiger partial charge in [-0.25, -0.2) is 0 Å². The van der Waals surface area contributed by atoms with E-state index in [4.69, 9.17) is 4.74 Å². The zero-order chi connectivity index (χ0) is 24.2. The van der Waals surface area contributed by atoms with Gasteiger partial charge in [0.05, 0.1) is 29.1 Å². The molecule has 9 nitrogen and oxygen atoms in total. The molecule has 0 aliphatic rings. The fourth-order valence-electron chi connectivity index (χ4n) is 3.08. The van der Waals surface area contributed by atoms with Crippen LogP contribution in [0.3, 0.4) is 0 Å². The van der Waals surface area contributed by atoms with Crippen LogP contribution in [0.25, 0.3) is 11.5 Å². The third-order valence-electron chi connectivity index (χ3n) is 4.75. The maximum absolute atomic E-state index is 11.2. The lowest BCUT2D eigenvalue weighted by Crippen LogP contribution is -2.18. The Morgan fingerprint density at radius 2 is 1.64 bits per heavy atom. The number of hydrogen-bond donors (Lipinski definition) is 2. The third kappa shape index (κ3) is 8.04. The summed E-state index contributed by atoms with van der Waals surface area (Å²) in [4.78, 5) is 21.0. The van der Waals surface area contributed by atoms with Gasteiger partial charge in [0, 0.05) is 35.5 Å². The molecule has 2 aromatic rings. The number of benzene rings is 2. The summed E-state index contributed by atoms with van der Waals surface area (Å²) in [6.45, 7) is 5.12. The molecule has 0 aromatic heterocycles. The predicted octanol–water partition coefficient (Wildman–Crippen LogP) is 5.76. The smallest absolute Gasteiger partial charge is 0.276 e. The summed E-state index contributed by atoms with van der Waals surface area (Å²) in [5.74, 6) is 0.269. The molecule has 176 valence electrons. The topological polar surface area (TPSA) is 128 Å². The first-order chi connectivity index (χ1) is 15.8. The van der Waals surface area contributed by atoms with Crippen LogP contribution in [-0.4, -0.2) is 28.1 Å². The van der Waals surface area contributed by atoms with Gasteiger partial charge in [-0.2, -0.15) is 0 Å². The number of allylic oxidation sites excluding steroid dienone is 2. The molecule has 0 bridgehead atoms. The summed E-state index contributed by atoms with van der Waals surface area (Å²) in [7, 11) is 0. The minimum Gasteiger partial charge on any atom is -0.508 e. The second-order valence-corrected chi connectivity index (χ2v) is 7.33. The largest absolute Gasteiger partial charge is 0.508 e. The molecule has 0 amide bonds. The van der Waals surface area contributed by atoms with Gasteiger partial charge in [-0.3, -0.25) is 20.2 Å². The summed E-state index contributed by atoms with van der Waals surface area (Å²) in [5.41, 5.74) is 2.00. The molecule has 0 unspecified atom stereocenters. The summed E-state index contributed by atoms with van der Waals surface area (Å²) in [6, 6.07) is 11.0. The van der Waals surface area contributed by atoms with Gasteiger partial charge in [-0.15, -0.1) is 0 Å². The monoisotopic (exact) mass is 455 g/mol. The van der Waals surface area contributed by atoms with E-state index in [-0.39, 0.29) is 17.1 Å². The van der Waals surface area contributed by atoms with E-state index in [9.17, 15) is 25.3 Å². The molecule has 2 N–H and O–H groups in total. The molecule has 0 fully saturated rings. The zero-order valence-electron chi connectivity index (χ0n) is 18.8. The predicted molar refractivity (Wildman–Crippen MR) is 128 cm³/mol. The molecular weight excluding hydrogens is 426 g/mol. The lowest BCUT2D eigenvalue weighted by Gasteiger charge is -2.12. The molecule has 0 saturated carbocycles. The highest BCUT2D eigenvalue weighted by molar-refractivity contribution is 5.68. The fraction of sp³-hybridized carbons (Fsp3) is 0.333. The highest BCUT2D eigenvalue weighted by atomic mass is 16.6. The van der Waals surface area contributed by atoms with Gasteiger partial charge >= 0.3 is 0 Å². The van der Waals surface area contributed by atoms with Crippen LogP contribution in [0.15, 0.2) is 54.6 Å². The molecule has 9 heteroatoms. The van der Waals surface area contributed by atoms with Crippen molar-refractivity contribution in [3.05, 3.63) is 91.5 Å². The lowest BCUT2D eigenvalue weighted by molar-refractivity contribution is -0.394. The summed E-state index contributed by atoms with van der Waals surface area (Å²) in [5, 5.41) is 35.5. The second kappa shape index (κ2) is 13.0. The molecule has 0 atom stereocenters. The molecule has 0 spiro atoms. The van der Waals surface area contributed by atoms with E-state index in [0.717, 1.165) is 30.0 Å². The SMILES string of the molecule is CC/C=C(/NCCOCc1ccc(/C(O)=C/CCC)cc1)c1cc([N+](=O)[O-])cc([N+](=O)[O-])c1. The molecule has 0 aliphatic heterocycles. The van der Waals surface area contributed by atoms with Crippen molar-refractivity contribution in [3.63, 3.8) is 0 Å². The van der Waals surface area contributed by atoms with Crippen molar-refractivity contribution in [2.24, 2.45) is 0 Å². The maximum atomic E-state index is 11.2. The molecule has 0 saturated heterocycles. The number of hydrogen-bond acceptors (Lipinski definition) is 7. The minimum atomic E-state index is -0.645. The van der Waals surface area contributed by atoms with Gasteiger partial charge in [0.15, 0.2) is 0 Å². The fourth-order valence-corrected chi connectivity index (χ4v) is 3.08. The highest BCUT2D eigenvalue weighted by Gasteiger charge is 2.18. The zero-order valence-corrected chi connectivity index (χ0v) is 18.8. The van der Waals surface area contributed by atoms with E-state index >= 15 is 0 Å². The van der Waals surface area contributed by atoms with Crippen LogP contribution in [0.5, 0.6) is 0 Å². The van der Waals surface area contributed by atoms with Gasteiger partial charge in [-0.1, -0.05) is 50.6 Å². The Morgan fingerprint density at radius 1 is 1.00 bits per heavy atom. The Morgan fingerprint density at radius 3 is 2.18 bits per heavy atom. The average molecular weight is 456 g/mol. The van der Waals surface area contributed by atoms with Crippen molar-refractivity contribution >= 4 is 22.8 Å². The Balaban J connectivity index is 1.94. The first-order valence-electron chi connectivity index (χ1n) is 10.8. The van der Waals surface area contributed by atoms with Crippen LogP contribution in [0.4, 0.5) is 11.4 Å². The molecule has 0 radical (unpaired) electrons. The van der Waals surface area contributed by atoms with Crippen LogP contribution < -0.4 is 5.32 Å². The van der Waals surface area contributed by atoms with Crippen molar-refractivity contribution in [2.75, 3.05) is 13.2 Å². The van der Waals surface area contributed by atoms with Gasteiger partial charge in [0.2, 0.25) is 0 Å². The van der Waals surface area contributed by atoms with E-state index in [2.05, 4.69) is 5.32 Å². The molecule has 2 rings (SSSR count). The number of nitrogens with one attached hydrogen (secondary N) is 1. The summed E-state index contributed by atoms with van der Waals surface area (Å²) < 4.78 is 5.69. The van der Waals surface area contributed by atoms with Crippen molar-refractivity contribution in [3.8, 4) is 0 Å². The van der Waals surface area contributed by atoms with Gasteiger partial charge in [0.25, 0.3) is 11.4 Å². The van der Waals surface area contributed by atoms with Crippen LogP contribution >= 0.6 is 0 Å². The first-order valence-corrected chi connectivity index (χ1v) is 10.8. The number of nitrogens with zero attached hydrogens (tertiary/aromatic N) is 2. The Hall–Kier alpha value is -3.72. The van der Waals surface area contributed by atoms with Gasteiger partial charge in [0.1, 0.15) is 5.76 Å². The van der Waals surface area contributed by atoms with Crippen molar-refractivity contribution in [1.29, 1.82) is 0 Å². The third-order valence-corrected chi connectivity index (χ3v) is 4.75. The van der Waals surface area contributed by atoms with E-state index in [1.54, 1.807) is 6.08 Å². The van der Waals surface area contributed by atoms with Crippen molar-refractivity contribution in [1.82, 2.24) is 5.32 Å². The number of aliphatic hydroxyl groups is 1. The number of aliphatic hydroxyl groups excluding tert-OH is 1. The van der Waals surface area contributed by atoms with Crippen LogP contribution in [-0.2, 0) is 11.3 Å². The van der Waals surface area contributed by atoms with Crippen LogP contribution in [0, 0.1) is 20.2 Å². The van der Waals surface area contributed by atoms with E-state index in [0.29, 0.717) is 37.4 Å². The van der Waals surface area contributed by atoms with E-state index in [1.165, 1.54) is 12.1 Å². The summed E-state index contributed by atoms with van der Waals surface area (Å²) in [6.07, 6.45) is 6.05. The standard InChI is InChI=1S/C24H29N3O6/c1-3-5-7-24(28)19-10-8-18(9-11-19)17-33-13-12-25-23(6-4-2)20-14-21(26(29)30)16-22(15-20)27(31)32/h6-11,14-16,25,28H,3-5,12-13,17H2,1-2H3/b23-6+,24-7-. The molecule has 0 aliphatic carbocycles. The quantitative estimate of drug-likeness (QED) is 0.170. The van der Waals surface area contributed by atoms with E-state index in [1.807, 2.05) is 44.2 Å². The summed E-state index contributed by atoms with van der Waals surface area (Å²) >= 11 is 0. The normalized spacial score (nSPS) is 11.9. The van der Waals surface area contributed by atoms with E-state index < -0.39 is 9.85 Å². The number of nitro benzene ring substituents is 2. The number of nitro groups is 2. The van der Waals surface area contributed by atoms with Crippen molar-refractivity contribution in [2.45, 2.75) is 39.7 Å². The number of non-ortho nitro benzene ring substituents is 2. The number of ether oxygens (including phenoxy) is 1. The maximum Gasteiger partial charge on any atom is 0.276 e. The Labute approximate surface area is 192 Å². The first kappa shape index (κ1) is 25.5. The molecule has 2 aromatic carbocycles. The minimum absolute atomic E-state index is 0.269. The van der Waals surface area contributed by atoms with Crippen LogP contribution in [0.1, 0.15) is 49.8 Å². The highest BCUT2D eigenvalue weighted by Crippen LogP contribution is 2.26. The van der Waals surface area contributed by atoms with Gasteiger partial charge < -0.3 is 15.2 Å². The van der Waals surface area contributed by atoms with Crippen molar-refractivity contribution < 1.29 is 19.7 Å². The second-order valence-electron chi connectivity index (χ2n) is 7.33. The van der Waals surface area contributed by atoms with Crippen LogP contribution in [0.2, 0.25) is 0 Å². The average Bonchev–Trinajstić information content (AvgIpc) is 2.81. The Bertz CT molecular complexity index is 983.